The first kappa shape index (κ1) is 14.4. The number of alkyl halides is 3. The third kappa shape index (κ3) is 3.18. The van der Waals surface area contributed by atoms with Crippen molar-refractivity contribution in [2.75, 3.05) is 0 Å². The molecule has 1 rings (SSSR count). The molecule has 0 aliphatic rings. The van der Waals surface area contributed by atoms with Crippen LogP contribution in [0.3, 0.4) is 0 Å². The Kier molecular flexibility index (Phi) is 3.93. The molecule has 0 N–H and O–H groups in total. The zero-order chi connectivity index (χ0) is 14.1. The van der Waals surface area contributed by atoms with Gasteiger partial charge in [-0.25, -0.2) is 8.78 Å². The normalized spacial score (nSPS) is 11.8. The molecule has 0 aliphatic carbocycles. The number of carbonyl (C=O) groups is 1. The van der Waals surface area contributed by atoms with E-state index in [9.17, 15) is 26.7 Å². The summed E-state index contributed by atoms with van der Waals surface area (Å²) in [6.45, 7) is 3.15. The van der Waals surface area contributed by atoms with Crippen molar-refractivity contribution in [3.8, 4) is 5.75 Å². The SMILES string of the molecule is CC(C)Oc1cc(F)c(C(=O)C(F)(F)F)c(F)c1. The number of benzene rings is 1. The fourth-order valence-corrected chi connectivity index (χ4v) is 1.25. The molecule has 2 nitrogen and oxygen atoms in total. The van der Waals surface area contributed by atoms with Gasteiger partial charge in [0.25, 0.3) is 5.78 Å². The fourth-order valence-electron chi connectivity index (χ4n) is 1.25. The van der Waals surface area contributed by atoms with Crippen molar-refractivity contribution in [2.24, 2.45) is 0 Å². The van der Waals surface area contributed by atoms with Crippen molar-refractivity contribution in [1.29, 1.82) is 0 Å². The van der Waals surface area contributed by atoms with Gasteiger partial charge < -0.3 is 4.74 Å². The molecular formula is C11H9F5O2. The molecule has 0 radical (unpaired) electrons. The monoisotopic (exact) mass is 268 g/mol. The summed E-state index contributed by atoms with van der Waals surface area (Å²) in [6.07, 6.45) is -5.74. The molecule has 1 aromatic carbocycles. The molecule has 0 amide bonds. The number of hydrogen-bond donors (Lipinski definition) is 0. The van der Waals surface area contributed by atoms with Crippen molar-refractivity contribution in [2.45, 2.75) is 26.1 Å². The van der Waals surface area contributed by atoms with E-state index in [0.29, 0.717) is 12.1 Å². The van der Waals surface area contributed by atoms with Crippen molar-refractivity contribution < 1.29 is 31.5 Å². The maximum absolute atomic E-state index is 13.3. The van der Waals surface area contributed by atoms with Crippen molar-refractivity contribution >= 4 is 5.78 Å². The van der Waals surface area contributed by atoms with Crippen LogP contribution < -0.4 is 4.74 Å². The summed E-state index contributed by atoms with van der Waals surface area (Å²) in [5, 5.41) is 0. The molecule has 0 atom stereocenters. The molecule has 0 unspecified atom stereocenters. The van der Waals surface area contributed by atoms with E-state index >= 15 is 0 Å². The minimum absolute atomic E-state index is 0.279. The van der Waals surface area contributed by atoms with Crippen LogP contribution in [-0.4, -0.2) is 18.1 Å². The van der Waals surface area contributed by atoms with Gasteiger partial charge in [0, 0.05) is 12.1 Å². The number of ether oxygens (including phenoxy) is 1. The number of halogens is 5. The number of Topliss-reactive ketones (excluding diaryl/α,β-unsaturated/α-hetero) is 1. The van der Waals surface area contributed by atoms with Gasteiger partial charge in [-0.2, -0.15) is 13.2 Å². The fraction of sp³-hybridized carbons (Fsp3) is 0.364. The third-order valence-electron chi connectivity index (χ3n) is 1.87. The summed E-state index contributed by atoms with van der Waals surface area (Å²) in [5.41, 5.74) is -1.63. The minimum atomic E-state index is -5.33. The highest BCUT2D eigenvalue weighted by Gasteiger charge is 2.42. The van der Waals surface area contributed by atoms with E-state index < -0.39 is 35.3 Å². The van der Waals surface area contributed by atoms with Crippen LogP contribution in [0.15, 0.2) is 12.1 Å². The average Bonchev–Trinajstić information content (AvgIpc) is 2.13. The summed E-state index contributed by atoms with van der Waals surface area (Å²) in [5.74, 6) is -6.05. The molecule has 7 heteroatoms. The van der Waals surface area contributed by atoms with Gasteiger partial charge in [-0.05, 0) is 13.8 Å². The van der Waals surface area contributed by atoms with E-state index in [4.69, 9.17) is 4.74 Å². The average molecular weight is 268 g/mol. The lowest BCUT2D eigenvalue weighted by atomic mass is 10.1. The predicted octanol–water partition coefficient (Wildman–Crippen LogP) is 3.50. The zero-order valence-electron chi connectivity index (χ0n) is 9.44. The van der Waals surface area contributed by atoms with E-state index in [1.54, 1.807) is 13.8 Å². The molecule has 100 valence electrons. The molecule has 1 aromatic rings. The quantitative estimate of drug-likeness (QED) is 0.619. The highest BCUT2D eigenvalue weighted by molar-refractivity contribution is 6.00. The van der Waals surface area contributed by atoms with Crippen LogP contribution in [0.25, 0.3) is 0 Å². The Morgan fingerprint density at radius 3 is 1.94 bits per heavy atom. The van der Waals surface area contributed by atoms with Crippen LogP contribution in [-0.2, 0) is 0 Å². The second kappa shape index (κ2) is 4.91. The van der Waals surface area contributed by atoms with Crippen molar-refractivity contribution in [1.82, 2.24) is 0 Å². The van der Waals surface area contributed by atoms with Gasteiger partial charge in [0.15, 0.2) is 0 Å². The van der Waals surface area contributed by atoms with Crippen molar-refractivity contribution in [3.63, 3.8) is 0 Å². The lowest BCUT2D eigenvalue weighted by Crippen LogP contribution is -2.25. The summed E-state index contributed by atoms with van der Waals surface area (Å²) in [6, 6.07) is 1.09. The molecule has 0 bridgehead atoms. The first-order valence-corrected chi connectivity index (χ1v) is 4.90. The Labute approximate surface area is 99.4 Å². The zero-order valence-corrected chi connectivity index (χ0v) is 9.44. The summed E-state index contributed by atoms with van der Waals surface area (Å²) >= 11 is 0. The van der Waals surface area contributed by atoms with E-state index in [2.05, 4.69) is 0 Å². The van der Waals surface area contributed by atoms with Crippen LogP contribution in [0.5, 0.6) is 5.75 Å². The summed E-state index contributed by atoms with van der Waals surface area (Å²) in [4.78, 5) is 10.8. The molecule has 0 aromatic heterocycles. The Balaban J connectivity index is 3.21. The summed E-state index contributed by atoms with van der Waals surface area (Å²) < 4.78 is 67.8. The Hall–Kier alpha value is -1.66. The van der Waals surface area contributed by atoms with E-state index in [-0.39, 0.29) is 5.75 Å². The van der Waals surface area contributed by atoms with Gasteiger partial charge in [0.05, 0.1) is 11.7 Å². The Morgan fingerprint density at radius 2 is 1.61 bits per heavy atom. The maximum Gasteiger partial charge on any atom is 0.455 e. The first-order valence-electron chi connectivity index (χ1n) is 4.90. The Morgan fingerprint density at radius 1 is 1.17 bits per heavy atom. The van der Waals surface area contributed by atoms with Crippen LogP contribution in [0.4, 0.5) is 22.0 Å². The van der Waals surface area contributed by atoms with Gasteiger partial charge in [-0.15, -0.1) is 0 Å². The summed E-state index contributed by atoms with van der Waals surface area (Å²) in [7, 11) is 0. The van der Waals surface area contributed by atoms with Crippen LogP contribution in [0.1, 0.15) is 24.2 Å². The molecule has 0 saturated heterocycles. The molecule has 0 spiro atoms. The molecule has 0 heterocycles. The van der Waals surface area contributed by atoms with Crippen molar-refractivity contribution in [3.05, 3.63) is 29.3 Å². The van der Waals surface area contributed by atoms with E-state index in [0.717, 1.165) is 0 Å². The molecular weight excluding hydrogens is 259 g/mol. The van der Waals surface area contributed by atoms with Crippen LogP contribution in [0.2, 0.25) is 0 Å². The van der Waals surface area contributed by atoms with Crippen LogP contribution in [0, 0.1) is 11.6 Å². The largest absolute Gasteiger partial charge is 0.491 e. The number of rotatable bonds is 3. The number of hydrogen-bond acceptors (Lipinski definition) is 2. The van der Waals surface area contributed by atoms with E-state index in [1.807, 2.05) is 0 Å². The van der Waals surface area contributed by atoms with Gasteiger partial charge in [0.2, 0.25) is 0 Å². The molecule has 18 heavy (non-hydrogen) atoms. The maximum atomic E-state index is 13.3. The lowest BCUT2D eigenvalue weighted by molar-refractivity contribution is -0.0890. The first-order chi connectivity index (χ1) is 8.12. The minimum Gasteiger partial charge on any atom is -0.491 e. The second-order valence-electron chi connectivity index (χ2n) is 3.76. The predicted molar refractivity (Wildman–Crippen MR) is 52.5 cm³/mol. The molecule has 0 aliphatic heterocycles. The smallest absolute Gasteiger partial charge is 0.455 e. The lowest BCUT2D eigenvalue weighted by Gasteiger charge is -2.12. The van der Waals surface area contributed by atoms with Crippen LogP contribution >= 0.6 is 0 Å². The van der Waals surface area contributed by atoms with Gasteiger partial charge in [-0.1, -0.05) is 0 Å². The second-order valence-corrected chi connectivity index (χ2v) is 3.76. The number of ketones is 1. The highest BCUT2D eigenvalue weighted by Crippen LogP contribution is 2.28. The third-order valence-corrected chi connectivity index (χ3v) is 1.87. The standard InChI is InChI=1S/C11H9F5O2/c1-5(2)18-6-3-7(12)9(8(13)4-6)10(17)11(14,15)16/h3-5H,1-2H3. The van der Waals surface area contributed by atoms with Gasteiger partial charge in [0.1, 0.15) is 17.4 Å². The highest BCUT2D eigenvalue weighted by atomic mass is 19.4. The van der Waals surface area contributed by atoms with Gasteiger partial charge in [-0.3, -0.25) is 4.79 Å². The van der Waals surface area contributed by atoms with E-state index in [1.165, 1.54) is 0 Å². The van der Waals surface area contributed by atoms with Gasteiger partial charge >= 0.3 is 6.18 Å². The topological polar surface area (TPSA) is 26.3 Å². The molecule has 0 saturated carbocycles. The Bertz CT molecular complexity index is 442. The molecule has 0 fully saturated rings. The number of carbonyl (C=O) groups excluding carboxylic acids is 1.